The van der Waals surface area contributed by atoms with Crippen molar-refractivity contribution in [3.8, 4) is 0 Å². The van der Waals surface area contributed by atoms with Gasteiger partial charge in [0.25, 0.3) is 0 Å². The van der Waals surface area contributed by atoms with Crippen LogP contribution in [0.25, 0.3) is 0 Å². The van der Waals surface area contributed by atoms with E-state index in [9.17, 15) is 9.59 Å². The van der Waals surface area contributed by atoms with Crippen molar-refractivity contribution >= 4 is 29.3 Å². The van der Waals surface area contributed by atoms with Gasteiger partial charge in [-0.1, -0.05) is 17.7 Å². The molecule has 1 unspecified atom stereocenters. The number of carbonyl (C=O) groups is 2. The van der Waals surface area contributed by atoms with Crippen LogP contribution >= 0.6 is 11.6 Å². The Hall–Kier alpha value is -1.75. The highest BCUT2D eigenvalue weighted by atomic mass is 35.5. The summed E-state index contributed by atoms with van der Waals surface area (Å²) in [6.45, 7) is 7.86. The first-order valence-corrected chi connectivity index (χ1v) is 8.12. The number of amides is 2. The van der Waals surface area contributed by atoms with E-state index >= 15 is 0 Å². The largest absolute Gasteiger partial charge is 0.444 e. The second-order valence-electron chi connectivity index (χ2n) is 6.78. The van der Waals surface area contributed by atoms with E-state index in [1.165, 1.54) is 4.90 Å². The zero-order chi connectivity index (χ0) is 17.2. The number of nitrogens with zero attached hydrogens (tertiary/aromatic N) is 1. The molecule has 1 aliphatic heterocycles. The van der Waals surface area contributed by atoms with Crippen molar-refractivity contribution in [3.05, 3.63) is 28.8 Å². The van der Waals surface area contributed by atoms with Crippen LogP contribution < -0.4 is 5.32 Å². The maximum Gasteiger partial charge on any atom is 0.410 e. The Morgan fingerprint density at radius 2 is 2.04 bits per heavy atom. The quantitative estimate of drug-likeness (QED) is 0.887. The molecule has 1 N–H and O–H groups in total. The molecule has 1 aromatic carbocycles. The molecule has 1 heterocycles. The van der Waals surface area contributed by atoms with E-state index in [0.717, 1.165) is 12.0 Å². The molecule has 1 saturated heterocycles. The topological polar surface area (TPSA) is 58.6 Å². The molecule has 23 heavy (non-hydrogen) atoms. The minimum absolute atomic E-state index is 0.215. The number of halogens is 1. The molecule has 6 heteroatoms. The Morgan fingerprint density at radius 3 is 2.65 bits per heavy atom. The molecular weight excluding hydrogens is 316 g/mol. The van der Waals surface area contributed by atoms with Crippen molar-refractivity contribution in [3.63, 3.8) is 0 Å². The standard InChI is InChI=1S/C17H23ClN2O3/c1-11-7-8-12(10-13(11)18)19-15(21)14-6-5-9-20(14)16(22)23-17(2,3)4/h7-8,10,14H,5-6,9H2,1-4H3,(H,19,21). The van der Waals surface area contributed by atoms with Crippen LogP contribution in [-0.4, -0.2) is 35.1 Å². The molecule has 0 spiro atoms. The van der Waals surface area contributed by atoms with E-state index in [2.05, 4.69) is 5.32 Å². The molecule has 1 aliphatic rings. The number of rotatable bonds is 2. The van der Waals surface area contributed by atoms with Crippen molar-refractivity contribution in [2.75, 3.05) is 11.9 Å². The first-order valence-electron chi connectivity index (χ1n) is 7.74. The Morgan fingerprint density at radius 1 is 1.35 bits per heavy atom. The summed E-state index contributed by atoms with van der Waals surface area (Å²) < 4.78 is 5.37. The van der Waals surface area contributed by atoms with Gasteiger partial charge in [-0.3, -0.25) is 9.69 Å². The average Bonchev–Trinajstić information content (AvgIpc) is 2.90. The number of likely N-dealkylation sites (tertiary alicyclic amines) is 1. The predicted octanol–water partition coefficient (Wildman–Crippen LogP) is 3.99. The maximum atomic E-state index is 12.5. The van der Waals surface area contributed by atoms with Crippen LogP contribution in [-0.2, 0) is 9.53 Å². The molecule has 1 atom stereocenters. The number of benzene rings is 1. The molecule has 1 fully saturated rings. The van der Waals surface area contributed by atoms with Crippen molar-refractivity contribution in [2.24, 2.45) is 0 Å². The first kappa shape index (κ1) is 17.6. The highest BCUT2D eigenvalue weighted by Gasteiger charge is 2.36. The van der Waals surface area contributed by atoms with E-state index < -0.39 is 17.7 Å². The lowest BCUT2D eigenvalue weighted by Crippen LogP contribution is -2.45. The molecule has 0 bridgehead atoms. The molecule has 0 radical (unpaired) electrons. The highest BCUT2D eigenvalue weighted by molar-refractivity contribution is 6.31. The third kappa shape index (κ3) is 4.61. The molecule has 1 aromatic rings. The van der Waals surface area contributed by atoms with Gasteiger partial charge in [0, 0.05) is 17.3 Å². The SMILES string of the molecule is Cc1ccc(NC(=O)C2CCCN2C(=O)OC(C)(C)C)cc1Cl. The summed E-state index contributed by atoms with van der Waals surface area (Å²) in [6.07, 6.45) is 0.966. The molecule has 2 rings (SSSR count). The van der Waals surface area contributed by atoms with Crippen LogP contribution in [0, 0.1) is 6.92 Å². The summed E-state index contributed by atoms with van der Waals surface area (Å²) in [4.78, 5) is 26.2. The van der Waals surface area contributed by atoms with Crippen molar-refractivity contribution in [1.29, 1.82) is 0 Å². The molecule has 0 saturated carbocycles. The van der Waals surface area contributed by atoms with E-state index in [0.29, 0.717) is 23.7 Å². The lowest BCUT2D eigenvalue weighted by atomic mass is 10.2. The van der Waals surface area contributed by atoms with Crippen molar-refractivity contribution < 1.29 is 14.3 Å². The number of anilines is 1. The van der Waals surface area contributed by atoms with Gasteiger partial charge in [0.05, 0.1) is 0 Å². The van der Waals surface area contributed by atoms with Gasteiger partial charge in [-0.15, -0.1) is 0 Å². The summed E-state index contributed by atoms with van der Waals surface area (Å²) >= 11 is 6.07. The Bertz CT molecular complexity index is 610. The Labute approximate surface area is 141 Å². The van der Waals surface area contributed by atoms with Gasteiger partial charge >= 0.3 is 6.09 Å². The van der Waals surface area contributed by atoms with Crippen LogP contribution in [0.5, 0.6) is 0 Å². The zero-order valence-electron chi connectivity index (χ0n) is 14.0. The summed E-state index contributed by atoms with van der Waals surface area (Å²) in [5.41, 5.74) is 0.994. The third-order valence-electron chi connectivity index (χ3n) is 3.62. The number of ether oxygens (including phenoxy) is 1. The van der Waals surface area contributed by atoms with Gasteiger partial charge in [-0.25, -0.2) is 4.79 Å². The second-order valence-corrected chi connectivity index (χ2v) is 7.19. The second kappa shape index (κ2) is 6.79. The van der Waals surface area contributed by atoms with Crippen molar-refractivity contribution in [2.45, 2.75) is 52.2 Å². The lowest BCUT2D eigenvalue weighted by molar-refractivity contribution is -0.120. The Kier molecular flexibility index (Phi) is 5.19. The van der Waals surface area contributed by atoms with E-state index in [1.54, 1.807) is 12.1 Å². The number of carbonyl (C=O) groups excluding carboxylic acids is 2. The number of aryl methyl sites for hydroxylation is 1. The first-order chi connectivity index (χ1) is 10.7. The van der Waals surface area contributed by atoms with E-state index in [4.69, 9.17) is 16.3 Å². The van der Waals surface area contributed by atoms with Crippen LogP contribution in [0.2, 0.25) is 5.02 Å². The van der Waals surface area contributed by atoms with Crippen LogP contribution in [0.1, 0.15) is 39.2 Å². The van der Waals surface area contributed by atoms with Gasteiger partial charge < -0.3 is 10.1 Å². The maximum absolute atomic E-state index is 12.5. The van der Waals surface area contributed by atoms with Crippen LogP contribution in [0.3, 0.4) is 0 Å². The monoisotopic (exact) mass is 338 g/mol. The predicted molar refractivity (Wildman–Crippen MR) is 90.8 cm³/mol. The fourth-order valence-electron chi connectivity index (χ4n) is 2.47. The molecule has 0 aliphatic carbocycles. The lowest BCUT2D eigenvalue weighted by Gasteiger charge is -2.28. The fourth-order valence-corrected chi connectivity index (χ4v) is 2.66. The summed E-state index contributed by atoms with van der Waals surface area (Å²) in [6, 6.07) is 4.84. The number of hydrogen-bond acceptors (Lipinski definition) is 3. The summed E-state index contributed by atoms with van der Waals surface area (Å²) in [7, 11) is 0. The van der Waals surface area contributed by atoms with Crippen LogP contribution in [0.4, 0.5) is 10.5 Å². The van der Waals surface area contributed by atoms with Gasteiger partial charge in [-0.2, -0.15) is 0 Å². The normalized spacial score (nSPS) is 18.0. The minimum atomic E-state index is -0.578. The number of nitrogens with one attached hydrogen (secondary N) is 1. The Balaban J connectivity index is 2.05. The molecular formula is C17H23ClN2O3. The molecule has 0 aromatic heterocycles. The molecule has 2 amide bonds. The highest BCUT2D eigenvalue weighted by Crippen LogP contribution is 2.24. The van der Waals surface area contributed by atoms with Gasteiger partial charge in [0.1, 0.15) is 11.6 Å². The van der Waals surface area contributed by atoms with Crippen molar-refractivity contribution in [1.82, 2.24) is 4.90 Å². The summed E-state index contributed by atoms with van der Waals surface area (Å²) in [5.74, 6) is -0.215. The van der Waals surface area contributed by atoms with Gasteiger partial charge in [0.15, 0.2) is 0 Å². The third-order valence-corrected chi connectivity index (χ3v) is 4.03. The van der Waals surface area contributed by atoms with Gasteiger partial charge in [-0.05, 0) is 58.2 Å². The summed E-state index contributed by atoms with van der Waals surface area (Å²) in [5, 5.41) is 3.42. The fraction of sp³-hybridized carbons (Fsp3) is 0.529. The average molecular weight is 339 g/mol. The zero-order valence-corrected chi connectivity index (χ0v) is 14.7. The molecule has 5 nitrogen and oxygen atoms in total. The van der Waals surface area contributed by atoms with Gasteiger partial charge in [0.2, 0.25) is 5.91 Å². The minimum Gasteiger partial charge on any atom is -0.444 e. The van der Waals surface area contributed by atoms with E-state index in [1.807, 2.05) is 33.8 Å². The molecule has 126 valence electrons. The smallest absolute Gasteiger partial charge is 0.410 e. The van der Waals surface area contributed by atoms with E-state index in [-0.39, 0.29) is 5.91 Å². The number of hydrogen-bond donors (Lipinski definition) is 1. The van der Waals surface area contributed by atoms with Crippen LogP contribution in [0.15, 0.2) is 18.2 Å².